The molecule has 28 heavy (non-hydrogen) atoms. The van der Waals surface area contributed by atoms with Crippen molar-refractivity contribution < 1.29 is 19.4 Å². The number of piperidine rings is 1. The number of carbonyl (C=O) groups excluding carboxylic acids is 1. The lowest BCUT2D eigenvalue weighted by Gasteiger charge is -2.37. The van der Waals surface area contributed by atoms with Crippen LogP contribution in [0.25, 0.3) is 0 Å². The van der Waals surface area contributed by atoms with Gasteiger partial charge < -0.3 is 19.6 Å². The Hall–Kier alpha value is -2.87. The summed E-state index contributed by atoms with van der Waals surface area (Å²) in [4.78, 5) is 35.1. The zero-order valence-electron chi connectivity index (χ0n) is 15.4. The molecule has 0 saturated carbocycles. The van der Waals surface area contributed by atoms with E-state index in [1.807, 2.05) is 30.3 Å². The van der Waals surface area contributed by atoms with Crippen molar-refractivity contribution in [2.45, 2.75) is 25.5 Å². The first-order valence-electron chi connectivity index (χ1n) is 8.90. The topological polar surface area (TPSA) is 95.9 Å². The van der Waals surface area contributed by atoms with Crippen LogP contribution in [0, 0.1) is 0 Å². The maximum absolute atomic E-state index is 12.4. The van der Waals surface area contributed by atoms with Gasteiger partial charge in [-0.25, -0.2) is 14.6 Å². The lowest BCUT2D eigenvalue weighted by Crippen LogP contribution is -2.49. The molecular weight excluding hydrogens is 384 g/mol. The third-order valence-electron chi connectivity index (χ3n) is 4.71. The summed E-state index contributed by atoms with van der Waals surface area (Å²) in [6.45, 7) is 1.21. The van der Waals surface area contributed by atoms with Gasteiger partial charge in [-0.3, -0.25) is 0 Å². The number of carbonyl (C=O) groups is 2. The number of carboxylic acids is 1. The van der Waals surface area contributed by atoms with Gasteiger partial charge in [0.05, 0.1) is 0 Å². The van der Waals surface area contributed by atoms with E-state index < -0.39 is 5.97 Å². The number of benzene rings is 1. The molecule has 148 valence electrons. The number of halogens is 1. The lowest BCUT2D eigenvalue weighted by molar-refractivity contribution is 0.0695. The second-order valence-corrected chi connectivity index (χ2v) is 6.91. The van der Waals surface area contributed by atoms with Crippen LogP contribution in [0.1, 0.15) is 28.8 Å². The molecule has 9 heteroatoms. The van der Waals surface area contributed by atoms with Crippen LogP contribution < -0.4 is 4.90 Å². The summed E-state index contributed by atoms with van der Waals surface area (Å²) in [6, 6.07) is 9.37. The van der Waals surface area contributed by atoms with Gasteiger partial charge in [-0.05, 0) is 30.0 Å². The monoisotopic (exact) mass is 404 g/mol. The van der Waals surface area contributed by atoms with Gasteiger partial charge in [0.2, 0.25) is 5.28 Å². The van der Waals surface area contributed by atoms with Crippen LogP contribution in [0.3, 0.4) is 0 Å². The number of ether oxygens (including phenoxy) is 1. The molecule has 2 aromatic rings. The first kappa shape index (κ1) is 19.9. The zero-order chi connectivity index (χ0) is 20.1. The summed E-state index contributed by atoms with van der Waals surface area (Å²) in [7, 11) is 1.74. The third-order valence-corrected chi connectivity index (χ3v) is 4.89. The first-order chi connectivity index (χ1) is 13.5. The molecule has 1 aliphatic heterocycles. The summed E-state index contributed by atoms with van der Waals surface area (Å²) in [5.41, 5.74) is 0.888. The van der Waals surface area contributed by atoms with Crippen LogP contribution in [-0.4, -0.2) is 58.2 Å². The Morgan fingerprint density at radius 1 is 1.36 bits per heavy atom. The Labute approximate surface area is 167 Å². The number of anilines is 1. The molecule has 1 amide bonds. The van der Waals surface area contributed by atoms with Crippen molar-refractivity contribution >= 4 is 29.5 Å². The van der Waals surface area contributed by atoms with Crippen LogP contribution >= 0.6 is 11.6 Å². The highest BCUT2D eigenvalue weighted by atomic mass is 35.5. The fourth-order valence-electron chi connectivity index (χ4n) is 3.19. The van der Waals surface area contributed by atoms with Crippen LogP contribution in [0.2, 0.25) is 5.28 Å². The molecule has 1 aliphatic rings. The SMILES string of the molecule is CN(c1nc(Cl)ncc1C(=O)O)C1CCCN(C(=O)OCc2ccccc2)C1. The number of nitrogens with zero attached hydrogens (tertiary/aromatic N) is 4. The Morgan fingerprint density at radius 3 is 2.82 bits per heavy atom. The molecule has 1 unspecified atom stereocenters. The fourth-order valence-corrected chi connectivity index (χ4v) is 3.32. The smallest absolute Gasteiger partial charge is 0.410 e. The minimum Gasteiger partial charge on any atom is -0.477 e. The summed E-state index contributed by atoms with van der Waals surface area (Å²) in [5, 5.41) is 9.36. The highest BCUT2D eigenvalue weighted by Gasteiger charge is 2.30. The molecule has 8 nitrogen and oxygen atoms in total. The van der Waals surface area contributed by atoms with Crippen molar-refractivity contribution in [2.24, 2.45) is 0 Å². The third kappa shape index (κ3) is 4.69. The molecular formula is C19H21ClN4O4. The number of amides is 1. The Balaban J connectivity index is 1.66. The maximum Gasteiger partial charge on any atom is 0.410 e. The minimum atomic E-state index is -1.13. The van der Waals surface area contributed by atoms with Crippen molar-refractivity contribution in [2.75, 3.05) is 25.0 Å². The van der Waals surface area contributed by atoms with E-state index in [1.54, 1.807) is 16.8 Å². The predicted molar refractivity (Wildman–Crippen MR) is 104 cm³/mol. The standard InChI is InChI=1S/C19H21ClN4O4/c1-23(16-15(17(25)26)10-21-18(20)22-16)14-8-5-9-24(11-14)19(27)28-12-13-6-3-2-4-7-13/h2-4,6-7,10,14H,5,8-9,11-12H2,1H3,(H,25,26). The average Bonchev–Trinajstić information content (AvgIpc) is 2.72. The predicted octanol–water partition coefficient (Wildman–Crippen LogP) is 3.07. The highest BCUT2D eigenvalue weighted by molar-refractivity contribution is 6.28. The van der Waals surface area contributed by atoms with Crippen molar-refractivity contribution in [3.05, 3.63) is 52.9 Å². The molecule has 0 radical (unpaired) electrons. The van der Waals surface area contributed by atoms with E-state index in [0.29, 0.717) is 13.1 Å². The molecule has 1 saturated heterocycles. The van der Waals surface area contributed by atoms with E-state index in [4.69, 9.17) is 16.3 Å². The molecule has 0 bridgehead atoms. The van der Waals surface area contributed by atoms with Gasteiger partial charge in [-0.1, -0.05) is 30.3 Å². The van der Waals surface area contributed by atoms with Gasteiger partial charge in [0.25, 0.3) is 0 Å². The summed E-state index contributed by atoms with van der Waals surface area (Å²) < 4.78 is 5.41. The maximum atomic E-state index is 12.4. The quantitative estimate of drug-likeness (QED) is 0.765. The Kier molecular flexibility index (Phi) is 6.30. The number of aromatic nitrogens is 2. The first-order valence-corrected chi connectivity index (χ1v) is 9.28. The summed E-state index contributed by atoms with van der Waals surface area (Å²) in [5.74, 6) is -0.898. The van der Waals surface area contributed by atoms with Crippen molar-refractivity contribution in [3.63, 3.8) is 0 Å². The Morgan fingerprint density at radius 2 is 2.11 bits per heavy atom. The number of aromatic carboxylic acids is 1. The molecule has 1 atom stereocenters. The fraction of sp³-hybridized carbons (Fsp3) is 0.368. The van der Waals surface area contributed by atoms with Gasteiger partial charge in [-0.15, -0.1) is 0 Å². The highest BCUT2D eigenvalue weighted by Crippen LogP contribution is 2.24. The largest absolute Gasteiger partial charge is 0.477 e. The van der Waals surface area contributed by atoms with E-state index in [-0.39, 0.29) is 35.4 Å². The number of likely N-dealkylation sites (N-methyl/N-ethyl adjacent to an activating group) is 1. The normalized spacial score (nSPS) is 16.5. The number of rotatable bonds is 5. The van der Waals surface area contributed by atoms with Crippen LogP contribution in [-0.2, 0) is 11.3 Å². The molecule has 1 aromatic carbocycles. The van der Waals surface area contributed by atoms with Crippen molar-refractivity contribution in [1.29, 1.82) is 0 Å². The van der Waals surface area contributed by atoms with Crippen LogP contribution in [0.15, 0.2) is 36.5 Å². The molecule has 0 spiro atoms. The lowest BCUT2D eigenvalue weighted by atomic mass is 10.0. The molecule has 1 fully saturated rings. The number of hydrogen-bond acceptors (Lipinski definition) is 6. The zero-order valence-corrected chi connectivity index (χ0v) is 16.2. The molecule has 2 heterocycles. The number of carboxylic acid groups (broad SMARTS) is 1. The molecule has 0 aliphatic carbocycles. The van der Waals surface area contributed by atoms with E-state index >= 15 is 0 Å². The second-order valence-electron chi connectivity index (χ2n) is 6.57. The van der Waals surface area contributed by atoms with Crippen molar-refractivity contribution in [3.8, 4) is 0 Å². The Bertz CT molecular complexity index is 849. The molecule has 3 rings (SSSR count). The molecule has 1 N–H and O–H groups in total. The van der Waals surface area contributed by atoms with E-state index in [1.165, 1.54) is 6.20 Å². The summed E-state index contributed by atoms with van der Waals surface area (Å²) in [6.07, 6.45) is 2.37. The van der Waals surface area contributed by atoms with Crippen LogP contribution in [0.4, 0.5) is 10.6 Å². The van der Waals surface area contributed by atoms with Crippen LogP contribution in [0.5, 0.6) is 0 Å². The van der Waals surface area contributed by atoms with Crippen molar-refractivity contribution in [1.82, 2.24) is 14.9 Å². The second kappa shape index (κ2) is 8.88. The van der Waals surface area contributed by atoms with E-state index in [2.05, 4.69) is 9.97 Å². The van der Waals surface area contributed by atoms with Gasteiger partial charge in [0, 0.05) is 32.4 Å². The molecule has 1 aromatic heterocycles. The number of likely N-dealkylation sites (tertiary alicyclic amines) is 1. The van der Waals surface area contributed by atoms with Gasteiger partial charge in [0.1, 0.15) is 18.0 Å². The van der Waals surface area contributed by atoms with Gasteiger partial charge >= 0.3 is 12.1 Å². The van der Waals surface area contributed by atoms with E-state index in [0.717, 1.165) is 18.4 Å². The van der Waals surface area contributed by atoms with Gasteiger partial charge in [-0.2, -0.15) is 4.98 Å². The number of hydrogen-bond donors (Lipinski definition) is 1. The summed E-state index contributed by atoms with van der Waals surface area (Å²) >= 11 is 5.86. The van der Waals surface area contributed by atoms with E-state index in [9.17, 15) is 14.7 Å². The average molecular weight is 405 g/mol. The van der Waals surface area contributed by atoms with Gasteiger partial charge in [0.15, 0.2) is 0 Å². The minimum absolute atomic E-state index is 0.0261.